The molecule has 0 aromatic carbocycles. The Hall–Kier alpha value is -1.25. The van der Waals surface area contributed by atoms with Crippen LogP contribution in [0.3, 0.4) is 0 Å². The van der Waals surface area contributed by atoms with E-state index in [4.69, 9.17) is 0 Å². The molecular formula is C8H12N2O. The average Bonchev–Trinajstić information content (AvgIpc) is 2.39. The van der Waals surface area contributed by atoms with Crippen LogP contribution in [-0.2, 0) is 4.79 Å². The molecule has 3 heteroatoms. The molecule has 1 aromatic heterocycles. The molecule has 11 heavy (non-hydrogen) atoms. The van der Waals surface area contributed by atoms with E-state index in [9.17, 15) is 4.79 Å². The fourth-order valence-corrected chi connectivity index (χ4v) is 0.817. The molecule has 1 aromatic rings. The predicted octanol–water partition coefficient (Wildman–Crippen LogP) is 1.41. The van der Waals surface area contributed by atoms with Crippen molar-refractivity contribution in [2.24, 2.45) is 0 Å². The second-order valence-corrected chi connectivity index (χ2v) is 2.48. The zero-order chi connectivity index (χ0) is 8.10. The number of H-pyrrole nitrogens is 1. The first-order valence-electron chi connectivity index (χ1n) is 3.65. The minimum Gasteiger partial charge on any atom is -0.383 e. The first-order chi connectivity index (χ1) is 5.29. The number of aromatic nitrogens is 1. The molecule has 0 atom stereocenters. The molecule has 60 valence electrons. The van der Waals surface area contributed by atoms with E-state index in [0.717, 1.165) is 5.69 Å². The van der Waals surface area contributed by atoms with Gasteiger partial charge in [-0.25, -0.2) is 0 Å². The summed E-state index contributed by atoms with van der Waals surface area (Å²) in [5.41, 5.74) is 1.03. The maximum atomic E-state index is 10.5. The van der Waals surface area contributed by atoms with E-state index >= 15 is 0 Å². The Morgan fingerprint density at radius 2 is 2.55 bits per heavy atom. The Morgan fingerprint density at radius 1 is 1.73 bits per heavy atom. The highest BCUT2D eigenvalue weighted by atomic mass is 16.1. The van der Waals surface area contributed by atoms with Crippen molar-refractivity contribution in [3.8, 4) is 0 Å². The molecule has 0 spiro atoms. The van der Waals surface area contributed by atoms with Gasteiger partial charge in [-0.2, -0.15) is 0 Å². The van der Waals surface area contributed by atoms with E-state index in [1.807, 2.05) is 18.5 Å². The van der Waals surface area contributed by atoms with E-state index < -0.39 is 0 Å². The fourth-order valence-electron chi connectivity index (χ4n) is 0.817. The van der Waals surface area contributed by atoms with Gasteiger partial charge in [0.1, 0.15) is 5.78 Å². The van der Waals surface area contributed by atoms with Crippen molar-refractivity contribution in [2.75, 3.05) is 11.9 Å². The summed E-state index contributed by atoms with van der Waals surface area (Å²) in [5.74, 6) is 0.216. The molecule has 1 heterocycles. The van der Waals surface area contributed by atoms with E-state index in [-0.39, 0.29) is 5.78 Å². The van der Waals surface area contributed by atoms with Crippen molar-refractivity contribution in [3.63, 3.8) is 0 Å². The SMILES string of the molecule is CC(=O)CCNc1cc[nH]c1. The number of anilines is 1. The number of hydrogen-bond donors (Lipinski definition) is 2. The molecule has 0 unspecified atom stereocenters. The minimum atomic E-state index is 0.216. The molecule has 0 fully saturated rings. The van der Waals surface area contributed by atoms with Gasteiger partial charge < -0.3 is 10.3 Å². The van der Waals surface area contributed by atoms with Crippen molar-refractivity contribution in [2.45, 2.75) is 13.3 Å². The summed E-state index contributed by atoms with van der Waals surface area (Å²) in [6.45, 7) is 2.31. The summed E-state index contributed by atoms with van der Waals surface area (Å²) < 4.78 is 0. The normalized spacial score (nSPS) is 9.55. The number of hydrogen-bond acceptors (Lipinski definition) is 2. The second kappa shape index (κ2) is 3.81. The van der Waals surface area contributed by atoms with Gasteiger partial charge in [-0.1, -0.05) is 0 Å². The van der Waals surface area contributed by atoms with Gasteiger partial charge in [0, 0.05) is 25.4 Å². The lowest BCUT2D eigenvalue weighted by Crippen LogP contribution is -2.04. The van der Waals surface area contributed by atoms with Crippen molar-refractivity contribution < 1.29 is 4.79 Å². The smallest absolute Gasteiger partial charge is 0.131 e. The summed E-state index contributed by atoms with van der Waals surface area (Å²) in [7, 11) is 0. The van der Waals surface area contributed by atoms with Crippen LogP contribution in [0.1, 0.15) is 13.3 Å². The van der Waals surface area contributed by atoms with Gasteiger partial charge in [0.05, 0.1) is 5.69 Å². The lowest BCUT2D eigenvalue weighted by molar-refractivity contribution is -0.116. The molecule has 2 N–H and O–H groups in total. The molecule has 0 saturated carbocycles. The second-order valence-electron chi connectivity index (χ2n) is 2.48. The molecule has 0 aliphatic carbocycles. The van der Waals surface area contributed by atoms with E-state index in [0.29, 0.717) is 13.0 Å². The van der Waals surface area contributed by atoms with Crippen LogP contribution in [0, 0.1) is 0 Å². The zero-order valence-corrected chi connectivity index (χ0v) is 6.55. The van der Waals surface area contributed by atoms with Crippen LogP contribution >= 0.6 is 0 Å². The number of Topliss-reactive ketones (excluding diaryl/α,β-unsaturated/α-hetero) is 1. The first kappa shape index (κ1) is 7.85. The summed E-state index contributed by atoms with van der Waals surface area (Å²) in [6.07, 6.45) is 4.29. The van der Waals surface area contributed by atoms with Gasteiger partial charge in [-0.15, -0.1) is 0 Å². The summed E-state index contributed by atoms with van der Waals surface area (Å²) >= 11 is 0. The van der Waals surface area contributed by atoms with Gasteiger partial charge >= 0.3 is 0 Å². The Morgan fingerprint density at radius 3 is 3.09 bits per heavy atom. The van der Waals surface area contributed by atoms with E-state index in [2.05, 4.69) is 10.3 Å². The van der Waals surface area contributed by atoms with Gasteiger partial charge in [0.15, 0.2) is 0 Å². The molecule has 0 radical (unpaired) electrons. The summed E-state index contributed by atoms with van der Waals surface area (Å²) in [6, 6.07) is 1.93. The van der Waals surface area contributed by atoms with E-state index in [1.165, 1.54) is 0 Å². The number of nitrogens with one attached hydrogen (secondary N) is 2. The standard InChI is InChI=1S/C8H12N2O/c1-7(11)2-5-10-8-3-4-9-6-8/h3-4,6,9-10H,2,5H2,1H3. The monoisotopic (exact) mass is 152 g/mol. The molecule has 0 bridgehead atoms. The highest BCUT2D eigenvalue weighted by Gasteiger charge is 1.93. The van der Waals surface area contributed by atoms with Crippen LogP contribution in [0.4, 0.5) is 5.69 Å². The average molecular weight is 152 g/mol. The number of carbonyl (C=O) groups excluding carboxylic acids is 1. The third-order valence-electron chi connectivity index (χ3n) is 1.40. The van der Waals surface area contributed by atoms with Crippen LogP contribution < -0.4 is 5.32 Å². The Kier molecular flexibility index (Phi) is 2.72. The predicted molar refractivity (Wildman–Crippen MR) is 44.6 cm³/mol. The summed E-state index contributed by atoms with van der Waals surface area (Å²) in [4.78, 5) is 13.4. The quantitative estimate of drug-likeness (QED) is 0.685. The maximum Gasteiger partial charge on any atom is 0.131 e. The van der Waals surface area contributed by atoms with Crippen LogP contribution in [0.5, 0.6) is 0 Å². The van der Waals surface area contributed by atoms with Crippen LogP contribution in [0.25, 0.3) is 0 Å². The van der Waals surface area contributed by atoms with Gasteiger partial charge in [-0.05, 0) is 13.0 Å². The van der Waals surface area contributed by atoms with Crippen molar-refractivity contribution in [1.29, 1.82) is 0 Å². The number of rotatable bonds is 4. The Balaban J connectivity index is 2.19. The van der Waals surface area contributed by atoms with Crippen LogP contribution in [0.2, 0.25) is 0 Å². The molecule has 3 nitrogen and oxygen atoms in total. The maximum absolute atomic E-state index is 10.5. The third kappa shape index (κ3) is 2.89. The summed E-state index contributed by atoms with van der Waals surface area (Å²) in [5, 5.41) is 3.10. The van der Waals surface area contributed by atoms with Gasteiger partial charge in [0.2, 0.25) is 0 Å². The molecule has 1 rings (SSSR count). The molecule has 0 saturated heterocycles. The van der Waals surface area contributed by atoms with Crippen molar-refractivity contribution in [1.82, 2.24) is 4.98 Å². The molecular weight excluding hydrogens is 140 g/mol. The van der Waals surface area contributed by atoms with Crippen molar-refractivity contribution in [3.05, 3.63) is 18.5 Å². The Labute approximate surface area is 65.8 Å². The minimum absolute atomic E-state index is 0.216. The number of ketones is 1. The number of aromatic amines is 1. The molecule has 0 amide bonds. The highest BCUT2D eigenvalue weighted by molar-refractivity contribution is 5.75. The van der Waals surface area contributed by atoms with E-state index in [1.54, 1.807) is 6.92 Å². The van der Waals surface area contributed by atoms with Crippen LogP contribution in [0.15, 0.2) is 18.5 Å². The lowest BCUT2D eigenvalue weighted by Gasteiger charge is -1.99. The molecule has 0 aliphatic rings. The van der Waals surface area contributed by atoms with Crippen LogP contribution in [-0.4, -0.2) is 17.3 Å². The number of carbonyl (C=O) groups is 1. The van der Waals surface area contributed by atoms with Gasteiger partial charge in [-0.3, -0.25) is 4.79 Å². The first-order valence-corrected chi connectivity index (χ1v) is 3.65. The molecule has 0 aliphatic heterocycles. The lowest BCUT2D eigenvalue weighted by atomic mass is 10.3. The largest absolute Gasteiger partial charge is 0.383 e. The Bertz CT molecular complexity index is 216. The highest BCUT2D eigenvalue weighted by Crippen LogP contribution is 2.02. The topological polar surface area (TPSA) is 44.9 Å². The third-order valence-corrected chi connectivity index (χ3v) is 1.40. The van der Waals surface area contributed by atoms with Gasteiger partial charge in [0.25, 0.3) is 0 Å². The van der Waals surface area contributed by atoms with Crippen molar-refractivity contribution >= 4 is 11.5 Å². The fraction of sp³-hybridized carbons (Fsp3) is 0.375. The zero-order valence-electron chi connectivity index (χ0n) is 6.55.